The fraction of sp³-hybridized carbons (Fsp3) is 0.250. The summed E-state index contributed by atoms with van der Waals surface area (Å²) in [6.45, 7) is 5.43. The van der Waals surface area contributed by atoms with Gasteiger partial charge in [-0.2, -0.15) is 0 Å². The van der Waals surface area contributed by atoms with Crippen molar-refractivity contribution in [2.45, 2.75) is 6.54 Å². The van der Waals surface area contributed by atoms with Crippen molar-refractivity contribution < 1.29 is 9.84 Å². The van der Waals surface area contributed by atoms with Gasteiger partial charge in [-0.05, 0) is 60.1 Å². The van der Waals surface area contributed by atoms with Crippen molar-refractivity contribution in [3.8, 4) is 22.6 Å². The van der Waals surface area contributed by atoms with Crippen LogP contribution in [0.5, 0.6) is 11.5 Å². The van der Waals surface area contributed by atoms with Gasteiger partial charge in [0.05, 0.1) is 23.3 Å². The molecule has 1 fully saturated rings. The van der Waals surface area contributed by atoms with Gasteiger partial charge in [0.2, 0.25) is 0 Å². The number of fused-ring (bicyclic) bond motifs is 1. The first-order valence-corrected chi connectivity index (χ1v) is 12.0. The summed E-state index contributed by atoms with van der Waals surface area (Å²) < 4.78 is 5.27. The summed E-state index contributed by atoms with van der Waals surface area (Å²) >= 11 is 6.22. The molecule has 0 aliphatic carbocycles. The Bertz CT molecular complexity index is 1340. The number of aromatic nitrogens is 1. The zero-order chi connectivity index (χ0) is 24.4. The van der Waals surface area contributed by atoms with Crippen LogP contribution < -0.4 is 10.1 Å². The van der Waals surface area contributed by atoms with Crippen molar-refractivity contribution in [1.29, 1.82) is 0 Å². The van der Waals surface area contributed by atoms with Crippen LogP contribution in [0.1, 0.15) is 5.56 Å². The summed E-state index contributed by atoms with van der Waals surface area (Å²) in [6.07, 6.45) is 1.69. The Hall–Kier alpha value is -3.32. The molecule has 0 bridgehead atoms. The molecule has 1 aromatic heterocycles. The van der Waals surface area contributed by atoms with E-state index in [1.165, 1.54) is 12.7 Å². The van der Waals surface area contributed by atoms with Gasteiger partial charge in [0.1, 0.15) is 0 Å². The van der Waals surface area contributed by atoms with Gasteiger partial charge >= 0.3 is 0 Å². The molecule has 0 atom stereocenters. The Balaban J connectivity index is 1.38. The molecular formula is C28H28ClN4O2. The highest BCUT2D eigenvalue weighted by molar-refractivity contribution is 6.32. The number of ether oxygens (including phenoxy) is 1. The second-order valence-electron chi connectivity index (χ2n) is 8.92. The zero-order valence-electron chi connectivity index (χ0n) is 19.9. The van der Waals surface area contributed by atoms with E-state index in [-0.39, 0.29) is 10.8 Å². The zero-order valence-corrected chi connectivity index (χ0v) is 20.6. The largest absolute Gasteiger partial charge is 0.503 e. The molecule has 35 heavy (non-hydrogen) atoms. The molecule has 0 saturated carbocycles. The maximum atomic E-state index is 10.1. The van der Waals surface area contributed by atoms with E-state index in [9.17, 15) is 5.11 Å². The maximum absolute atomic E-state index is 10.1. The number of rotatable bonds is 6. The van der Waals surface area contributed by atoms with Crippen LogP contribution in [-0.4, -0.2) is 60.2 Å². The number of phenolic OH excluding ortho intramolecular Hbond substituents is 1. The van der Waals surface area contributed by atoms with Crippen LogP contribution in [0.2, 0.25) is 5.02 Å². The summed E-state index contributed by atoms with van der Waals surface area (Å²) in [6, 6.07) is 21.3. The average Bonchev–Trinajstić information content (AvgIpc) is 2.88. The van der Waals surface area contributed by atoms with Crippen LogP contribution in [-0.2, 0) is 6.54 Å². The van der Waals surface area contributed by atoms with E-state index >= 15 is 0 Å². The van der Waals surface area contributed by atoms with Gasteiger partial charge in [-0.25, -0.2) is 0 Å². The molecule has 1 radical (unpaired) electrons. The van der Waals surface area contributed by atoms with Crippen LogP contribution in [0, 0.1) is 6.07 Å². The first-order valence-electron chi connectivity index (χ1n) is 11.6. The third-order valence-corrected chi connectivity index (χ3v) is 6.77. The van der Waals surface area contributed by atoms with Crippen LogP contribution in [0.15, 0.2) is 60.8 Å². The predicted octanol–water partition coefficient (Wildman–Crippen LogP) is 5.56. The first kappa shape index (κ1) is 23.4. The molecule has 0 spiro atoms. The summed E-state index contributed by atoms with van der Waals surface area (Å²) in [4.78, 5) is 9.34. The van der Waals surface area contributed by atoms with Gasteiger partial charge in [-0.1, -0.05) is 29.8 Å². The number of aromatic hydroxyl groups is 1. The minimum Gasteiger partial charge on any atom is -0.503 e. The number of anilines is 2. The van der Waals surface area contributed by atoms with Crippen LogP contribution in [0.25, 0.3) is 22.0 Å². The quantitative estimate of drug-likeness (QED) is 0.371. The molecule has 3 aromatic carbocycles. The summed E-state index contributed by atoms with van der Waals surface area (Å²) in [5.74, 6) is 0.271. The Morgan fingerprint density at radius 3 is 2.54 bits per heavy atom. The summed E-state index contributed by atoms with van der Waals surface area (Å²) in [5.41, 5.74) is 5.79. The smallest absolute Gasteiger partial charge is 0.176 e. The number of nitrogens with one attached hydrogen (secondary N) is 1. The van der Waals surface area contributed by atoms with E-state index in [4.69, 9.17) is 16.3 Å². The fourth-order valence-corrected chi connectivity index (χ4v) is 4.58. The summed E-state index contributed by atoms with van der Waals surface area (Å²) in [7, 11) is 3.68. The topological polar surface area (TPSA) is 60.9 Å². The Kier molecular flexibility index (Phi) is 6.77. The Labute approximate surface area is 210 Å². The molecule has 2 heterocycles. The van der Waals surface area contributed by atoms with Crippen molar-refractivity contribution in [1.82, 2.24) is 14.8 Å². The van der Waals surface area contributed by atoms with Gasteiger partial charge in [0.25, 0.3) is 0 Å². The van der Waals surface area contributed by atoms with Crippen molar-refractivity contribution in [2.75, 3.05) is 45.7 Å². The third kappa shape index (κ3) is 5.20. The molecule has 1 aliphatic heterocycles. The first-order chi connectivity index (χ1) is 17.0. The molecule has 1 saturated heterocycles. The molecule has 5 rings (SSSR count). The predicted molar refractivity (Wildman–Crippen MR) is 142 cm³/mol. The molecule has 0 amide bonds. The van der Waals surface area contributed by atoms with E-state index in [1.54, 1.807) is 18.3 Å². The number of methoxy groups -OCH3 is 1. The van der Waals surface area contributed by atoms with Crippen LogP contribution in [0.4, 0.5) is 11.4 Å². The van der Waals surface area contributed by atoms with Gasteiger partial charge in [0, 0.05) is 56.1 Å². The SMILES string of the molecule is COc1cc(-c2ccc3nc[c]c(Nc4ccc(CN5CCN(C)CC5)cc4)c3c2)cc(Cl)c1O. The Morgan fingerprint density at radius 2 is 1.80 bits per heavy atom. The van der Waals surface area contributed by atoms with E-state index in [0.717, 1.165) is 66.1 Å². The van der Waals surface area contributed by atoms with Crippen molar-refractivity contribution in [2.24, 2.45) is 0 Å². The van der Waals surface area contributed by atoms with Gasteiger partial charge in [-0.15, -0.1) is 0 Å². The number of nitrogens with zero attached hydrogens (tertiary/aromatic N) is 3. The molecule has 1 aliphatic rings. The number of piperazine rings is 1. The normalized spacial score (nSPS) is 14.8. The molecule has 7 heteroatoms. The van der Waals surface area contributed by atoms with E-state index in [0.29, 0.717) is 5.75 Å². The number of likely N-dealkylation sites (N-methyl/N-ethyl adjacent to an activating group) is 1. The van der Waals surface area contributed by atoms with Crippen LogP contribution in [0.3, 0.4) is 0 Å². The molecule has 179 valence electrons. The van der Waals surface area contributed by atoms with Crippen molar-refractivity contribution in [3.05, 3.63) is 77.4 Å². The second kappa shape index (κ2) is 10.1. The lowest BCUT2D eigenvalue weighted by molar-refractivity contribution is 0.148. The van der Waals surface area contributed by atoms with E-state index < -0.39 is 0 Å². The minimum absolute atomic E-state index is 0.0628. The summed E-state index contributed by atoms with van der Waals surface area (Å²) in [5, 5.41) is 14.8. The average molecular weight is 488 g/mol. The molecule has 2 N–H and O–H groups in total. The van der Waals surface area contributed by atoms with E-state index in [1.807, 2.05) is 18.2 Å². The van der Waals surface area contributed by atoms with Gasteiger partial charge in [0.15, 0.2) is 11.5 Å². The van der Waals surface area contributed by atoms with Crippen molar-refractivity contribution in [3.63, 3.8) is 0 Å². The third-order valence-electron chi connectivity index (χ3n) is 6.49. The highest BCUT2D eigenvalue weighted by Gasteiger charge is 2.14. The lowest BCUT2D eigenvalue weighted by Crippen LogP contribution is -2.43. The van der Waals surface area contributed by atoms with Gasteiger partial charge in [-0.3, -0.25) is 9.88 Å². The van der Waals surface area contributed by atoms with Crippen molar-refractivity contribution >= 4 is 33.9 Å². The van der Waals surface area contributed by atoms with Gasteiger partial charge < -0.3 is 20.1 Å². The number of hydrogen-bond donors (Lipinski definition) is 2. The second-order valence-corrected chi connectivity index (χ2v) is 9.33. The number of hydrogen-bond acceptors (Lipinski definition) is 6. The Morgan fingerprint density at radius 1 is 1.03 bits per heavy atom. The molecular weight excluding hydrogens is 460 g/mol. The number of phenols is 1. The van der Waals surface area contributed by atoms with E-state index in [2.05, 4.69) is 57.5 Å². The molecule has 4 aromatic rings. The lowest BCUT2D eigenvalue weighted by atomic mass is 10.0. The van der Waals surface area contributed by atoms with Crippen LogP contribution >= 0.6 is 11.6 Å². The minimum atomic E-state index is -0.0628. The molecule has 6 nitrogen and oxygen atoms in total. The number of halogens is 1. The molecule has 0 unspecified atom stereocenters. The highest BCUT2D eigenvalue weighted by atomic mass is 35.5. The maximum Gasteiger partial charge on any atom is 0.176 e. The highest BCUT2D eigenvalue weighted by Crippen LogP contribution is 2.39. The fourth-order valence-electron chi connectivity index (χ4n) is 4.37. The lowest BCUT2D eigenvalue weighted by Gasteiger charge is -2.32. The number of benzene rings is 3. The number of pyridine rings is 1. The standard InChI is InChI=1S/C28H28ClN4O2/c1-32-11-13-33(14-12-32)18-19-3-6-22(7-4-19)31-26-9-10-30-25-8-5-20(15-23(25)26)21-16-24(29)28(34)27(17-21)35-2/h3-8,10,15-17,34H,11-14,18H2,1-2H3,(H,30,31). The monoisotopic (exact) mass is 487 g/mol.